The third-order valence-electron chi connectivity index (χ3n) is 7.23. The number of rotatable bonds is 15. The van der Waals surface area contributed by atoms with Gasteiger partial charge in [0.05, 0.1) is 25.4 Å². The number of amides is 1. The van der Waals surface area contributed by atoms with E-state index in [4.69, 9.17) is 13.9 Å². The molecule has 1 N–H and O–H groups in total. The summed E-state index contributed by atoms with van der Waals surface area (Å²) in [4.78, 5) is 22.5. The van der Waals surface area contributed by atoms with Crippen LogP contribution in [0.2, 0.25) is 18.1 Å². The van der Waals surface area contributed by atoms with Gasteiger partial charge in [-0.2, -0.15) is 0 Å². The van der Waals surface area contributed by atoms with Gasteiger partial charge in [-0.25, -0.2) is 4.79 Å². The van der Waals surface area contributed by atoms with Crippen LogP contribution in [0.3, 0.4) is 0 Å². The van der Waals surface area contributed by atoms with Crippen LogP contribution in [0, 0.1) is 5.92 Å². The number of unbranched alkanes of at least 4 members (excludes halogenated alkanes) is 3. The molecular formula is C27H45NO5Si. The number of hydrogen-bond acceptors (Lipinski definition) is 5. The molecule has 1 amide bonds. The van der Waals surface area contributed by atoms with E-state index >= 15 is 0 Å². The van der Waals surface area contributed by atoms with Crippen LogP contribution in [0.15, 0.2) is 30.3 Å². The molecular weight excluding hydrogens is 446 g/mol. The molecule has 0 aliphatic carbocycles. The van der Waals surface area contributed by atoms with Crippen LogP contribution in [-0.4, -0.2) is 45.6 Å². The minimum atomic E-state index is -2.01. The monoisotopic (exact) mass is 491 g/mol. The SMILES string of the molecule is C[C@@H](C[C@@H]1NC(=O)O[C@H]1CCCCCC=O)[C@H](COCc1ccccc1)O[Si](C)(C)C(C)(C)C. The molecule has 1 aliphatic heterocycles. The number of hydrogen-bond donors (Lipinski definition) is 1. The quantitative estimate of drug-likeness (QED) is 0.178. The molecule has 0 saturated carbocycles. The van der Waals surface area contributed by atoms with E-state index in [9.17, 15) is 9.59 Å². The Labute approximate surface area is 207 Å². The van der Waals surface area contributed by atoms with Crippen molar-refractivity contribution in [2.24, 2.45) is 5.92 Å². The molecule has 1 heterocycles. The van der Waals surface area contributed by atoms with Gasteiger partial charge in [-0.15, -0.1) is 0 Å². The van der Waals surface area contributed by atoms with E-state index in [1.165, 1.54) is 0 Å². The van der Waals surface area contributed by atoms with Crippen LogP contribution in [0.5, 0.6) is 0 Å². The van der Waals surface area contributed by atoms with Crippen molar-refractivity contribution in [3.8, 4) is 0 Å². The zero-order valence-electron chi connectivity index (χ0n) is 22.0. The molecule has 0 aromatic heterocycles. The van der Waals surface area contributed by atoms with E-state index < -0.39 is 8.32 Å². The summed E-state index contributed by atoms with van der Waals surface area (Å²) < 4.78 is 18.5. The van der Waals surface area contributed by atoms with E-state index in [1.807, 2.05) is 18.2 Å². The Hall–Kier alpha value is -1.70. The number of nitrogens with one attached hydrogen (secondary N) is 1. The summed E-state index contributed by atoms with van der Waals surface area (Å²) >= 11 is 0. The molecule has 192 valence electrons. The Bertz CT molecular complexity index is 749. The van der Waals surface area contributed by atoms with Crippen molar-refractivity contribution in [2.75, 3.05) is 6.61 Å². The zero-order valence-corrected chi connectivity index (χ0v) is 23.0. The number of carbonyl (C=O) groups excluding carboxylic acids is 2. The highest BCUT2D eigenvalue weighted by molar-refractivity contribution is 6.74. The Morgan fingerprint density at radius 3 is 2.50 bits per heavy atom. The van der Waals surface area contributed by atoms with Gasteiger partial charge in [-0.1, -0.05) is 64.4 Å². The van der Waals surface area contributed by atoms with E-state index in [-0.39, 0.29) is 35.3 Å². The van der Waals surface area contributed by atoms with Crippen molar-refractivity contribution in [3.63, 3.8) is 0 Å². The van der Waals surface area contributed by atoms with Gasteiger partial charge in [0, 0.05) is 6.42 Å². The number of alkyl carbamates (subject to hydrolysis) is 1. The van der Waals surface area contributed by atoms with Crippen molar-refractivity contribution in [1.29, 1.82) is 0 Å². The highest BCUT2D eigenvalue weighted by atomic mass is 28.4. The van der Waals surface area contributed by atoms with Gasteiger partial charge in [0.25, 0.3) is 0 Å². The van der Waals surface area contributed by atoms with Gasteiger partial charge in [-0.05, 0) is 55.3 Å². The van der Waals surface area contributed by atoms with Crippen molar-refractivity contribution >= 4 is 20.7 Å². The van der Waals surface area contributed by atoms with E-state index in [0.29, 0.717) is 19.6 Å². The van der Waals surface area contributed by atoms with Gasteiger partial charge < -0.3 is 24.0 Å². The average molecular weight is 492 g/mol. The first-order valence-corrected chi connectivity index (χ1v) is 15.6. The van der Waals surface area contributed by atoms with E-state index in [2.05, 4.69) is 58.2 Å². The fourth-order valence-electron chi connectivity index (χ4n) is 4.01. The normalized spacial score (nSPS) is 20.5. The Morgan fingerprint density at radius 1 is 1.15 bits per heavy atom. The maximum absolute atomic E-state index is 12.0. The zero-order chi connectivity index (χ0) is 25.2. The lowest BCUT2D eigenvalue weighted by Gasteiger charge is -2.41. The first-order chi connectivity index (χ1) is 16.0. The Balaban J connectivity index is 2.00. The molecule has 0 unspecified atom stereocenters. The molecule has 1 aromatic carbocycles. The number of cyclic esters (lactones) is 1. The molecule has 0 radical (unpaired) electrons. The van der Waals surface area contributed by atoms with Crippen molar-refractivity contribution in [1.82, 2.24) is 5.32 Å². The lowest BCUT2D eigenvalue weighted by Crippen LogP contribution is -2.48. The van der Waals surface area contributed by atoms with Crippen LogP contribution in [0.25, 0.3) is 0 Å². The van der Waals surface area contributed by atoms with Gasteiger partial charge in [0.2, 0.25) is 0 Å². The van der Waals surface area contributed by atoms with Gasteiger partial charge >= 0.3 is 6.09 Å². The molecule has 1 saturated heterocycles. The fraction of sp³-hybridized carbons (Fsp3) is 0.704. The second-order valence-electron chi connectivity index (χ2n) is 11.1. The van der Waals surface area contributed by atoms with Crippen molar-refractivity contribution in [2.45, 2.75) is 109 Å². The van der Waals surface area contributed by atoms with Crippen LogP contribution in [0.1, 0.15) is 71.8 Å². The predicted octanol–water partition coefficient (Wildman–Crippen LogP) is 6.25. The molecule has 1 aromatic rings. The Morgan fingerprint density at radius 2 is 1.85 bits per heavy atom. The highest BCUT2D eigenvalue weighted by Gasteiger charge is 2.42. The highest BCUT2D eigenvalue weighted by Crippen LogP contribution is 2.38. The van der Waals surface area contributed by atoms with E-state index in [0.717, 1.165) is 44.0 Å². The molecule has 4 atom stereocenters. The second-order valence-corrected chi connectivity index (χ2v) is 15.9. The van der Waals surface area contributed by atoms with Gasteiger partial charge in [0.1, 0.15) is 12.4 Å². The molecule has 1 aliphatic rings. The van der Waals surface area contributed by atoms with Crippen LogP contribution < -0.4 is 5.32 Å². The summed E-state index contributed by atoms with van der Waals surface area (Å²) in [7, 11) is -2.01. The lowest BCUT2D eigenvalue weighted by atomic mass is 9.92. The standard InChI is InChI=1S/C27H45NO5Si/c1-21(18-23-24(32-26(30)28-23)16-12-7-8-13-17-29)25(33-34(5,6)27(2,3)4)20-31-19-22-14-10-9-11-15-22/h9-11,14-15,17,21,23-25H,7-8,12-13,16,18-20H2,1-6H3,(H,28,30)/t21-,23-,24-,25-/m0/s1. The van der Waals surface area contributed by atoms with Crippen LogP contribution in [-0.2, 0) is 25.3 Å². The molecule has 2 rings (SSSR count). The number of carbonyl (C=O) groups is 2. The summed E-state index contributed by atoms with van der Waals surface area (Å²) in [5.74, 6) is 0.189. The minimum absolute atomic E-state index is 0.0341. The summed E-state index contributed by atoms with van der Waals surface area (Å²) in [6.07, 6.45) is 5.42. The smallest absolute Gasteiger partial charge is 0.407 e. The molecule has 6 nitrogen and oxygen atoms in total. The van der Waals surface area contributed by atoms with Crippen LogP contribution >= 0.6 is 0 Å². The molecule has 1 fully saturated rings. The third-order valence-corrected chi connectivity index (χ3v) is 11.7. The summed E-state index contributed by atoms with van der Waals surface area (Å²) in [6.45, 7) is 14.5. The number of aldehydes is 1. The first-order valence-electron chi connectivity index (χ1n) is 12.7. The number of benzene rings is 1. The van der Waals surface area contributed by atoms with Crippen molar-refractivity contribution < 1.29 is 23.5 Å². The lowest BCUT2D eigenvalue weighted by molar-refractivity contribution is -0.107. The maximum atomic E-state index is 12.0. The molecule has 7 heteroatoms. The topological polar surface area (TPSA) is 73.9 Å². The summed E-state index contributed by atoms with van der Waals surface area (Å²) in [5, 5.41) is 3.11. The fourth-order valence-corrected chi connectivity index (χ4v) is 5.42. The second kappa shape index (κ2) is 13.4. The average Bonchev–Trinajstić information content (AvgIpc) is 3.11. The summed E-state index contributed by atoms with van der Waals surface area (Å²) in [6, 6.07) is 10.1. The predicted molar refractivity (Wildman–Crippen MR) is 138 cm³/mol. The Kier molecular flexibility index (Phi) is 11.2. The first kappa shape index (κ1) is 28.5. The minimum Gasteiger partial charge on any atom is -0.444 e. The largest absolute Gasteiger partial charge is 0.444 e. The molecule has 34 heavy (non-hydrogen) atoms. The third kappa shape index (κ3) is 9.15. The van der Waals surface area contributed by atoms with E-state index in [1.54, 1.807) is 0 Å². The maximum Gasteiger partial charge on any atom is 0.407 e. The molecule has 0 bridgehead atoms. The summed E-state index contributed by atoms with van der Waals surface area (Å²) in [5.41, 5.74) is 1.15. The van der Waals surface area contributed by atoms with Crippen molar-refractivity contribution in [3.05, 3.63) is 35.9 Å². The van der Waals surface area contributed by atoms with Gasteiger partial charge in [0.15, 0.2) is 8.32 Å². The molecule has 0 spiro atoms. The van der Waals surface area contributed by atoms with Gasteiger partial charge in [-0.3, -0.25) is 0 Å². The number of ether oxygens (including phenoxy) is 2. The van der Waals surface area contributed by atoms with Crippen LogP contribution in [0.4, 0.5) is 4.79 Å².